The number of nitrogens with zero attached hydrogens (tertiary/aromatic N) is 4. The van der Waals surface area contributed by atoms with Crippen molar-refractivity contribution in [3.8, 4) is 0 Å². The molecule has 1 saturated carbocycles. The number of benzene rings is 2. The van der Waals surface area contributed by atoms with Crippen molar-refractivity contribution in [3.05, 3.63) is 92.8 Å². The minimum absolute atomic E-state index is 0.0672. The first-order valence-corrected chi connectivity index (χ1v) is 14.7. The number of aryl methyl sites for hydroxylation is 1. The largest absolute Gasteiger partial charge is 0.416 e. The number of anilines is 1. The molecular formula is C31H30BrF6N5. The van der Waals surface area contributed by atoms with E-state index in [1.807, 2.05) is 31.2 Å². The van der Waals surface area contributed by atoms with E-state index < -0.39 is 23.5 Å². The predicted octanol–water partition coefficient (Wildman–Crippen LogP) is 8.57. The first-order chi connectivity index (χ1) is 20.3. The zero-order chi connectivity index (χ0) is 30.9. The van der Waals surface area contributed by atoms with Crippen LogP contribution in [-0.4, -0.2) is 21.5 Å². The summed E-state index contributed by atoms with van der Waals surface area (Å²) in [5.74, 6) is 0.614. The molecule has 0 saturated heterocycles. The van der Waals surface area contributed by atoms with Gasteiger partial charge < -0.3 is 10.6 Å². The van der Waals surface area contributed by atoms with Gasteiger partial charge in [0.1, 0.15) is 0 Å². The summed E-state index contributed by atoms with van der Waals surface area (Å²) < 4.78 is 82.5. The lowest BCUT2D eigenvalue weighted by Crippen LogP contribution is -2.28. The standard InChI is InChI=1S/C31H30BrF6N5/c1-18-4-2-7-21-11-23(28(42-27(18)21)22(13-39)8-19-5-3-6-19)17-43(29-40-14-26(32)15-41-29)16-20-9-24(30(33,34)35)12-25(10-20)31(36,37)38/h2,4,7,9-12,14-15,19,22H,3,5-6,8,13,16-17,39H2,1H3. The molecule has 12 heteroatoms. The summed E-state index contributed by atoms with van der Waals surface area (Å²) in [7, 11) is 0. The van der Waals surface area contributed by atoms with E-state index in [0.29, 0.717) is 16.9 Å². The van der Waals surface area contributed by atoms with Crippen LogP contribution in [0.1, 0.15) is 65.1 Å². The summed E-state index contributed by atoms with van der Waals surface area (Å²) in [5, 5.41) is 0.869. The van der Waals surface area contributed by atoms with Crippen LogP contribution < -0.4 is 10.6 Å². The van der Waals surface area contributed by atoms with Crippen LogP contribution in [0.3, 0.4) is 0 Å². The van der Waals surface area contributed by atoms with Gasteiger partial charge >= 0.3 is 12.4 Å². The first kappa shape index (κ1) is 31.2. The van der Waals surface area contributed by atoms with Gasteiger partial charge in [-0.05, 0) is 76.1 Å². The molecule has 0 aliphatic heterocycles. The zero-order valence-corrected chi connectivity index (χ0v) is 24.9. The van der Waals surface area contributed by atoms with E-state index in [0.717, 1.165) is 59.1 Å². The monoisotopic (exact) mass is 665 g/mol. The Kier molecular flexibility index (Phi) is 8.99. The van der Waals surface area contributed by atoms with E-state index in [-0.39, 0.29) is 36.6 Å². The maximum absolute atomic E-state index is 13.7. The minimum atomic E-state index is -4.96. The molecule has 0 bridgehead atoms. The molecule has 2 N–H and O–H groups in total. The third kappa shape index (κ3) is 7.29. The molecule has 2 aromatic carbocycles. The van der Waals surface area contributed by atoms with Gasteiger partial charge in [0.15, 0.2) is 0 Å². The normalized spacial score (nSPS) is 15.0. The van der Waals surface area contributed by atoms with Gasteiger partial charge in [0.2, 0.25) is 5.95 Å². The average molecular weight is 667 g/mol. The van der Waals surface area contributed by atoms with E-state index in [9.17, 15) is 26.3 Å². The molecule has 5 nitrogen and oxygen atoms in total. The molecule has 228 valence electrons. The Hall–Kier alpha value is -3.25. The van der Waals surface area contributed by atoms with E-state index in [2.05, 4.69) is 25.9 Å². The Labute approximate surface area is 253 Å². The van der Waals surface area contributed by atoms with Gasteiger partial charge in [0, 0.05) is 43.3 Å². The molecule has 4 aromatic rings. The van der Waals surface area contributed by atoms with Gasteiger partial charge in [0.25, 0.3) is 0 Å². The smallest absolute Gasteiger partial charge is 0.332 e. The Morgan fingerprint density at radius 1 is 0.953 bits per heavy atom. The first-order valence-electron chi connectivity index (χ1n) is 13.9. The van der Waals surface area contributed by atoms with E-state index in [4.69, 9.17) is 10.7 Å². The fraction of sp³-hybridized carbons (Fsp3) is 0.387. The van der Waals surface area contributed by atoms with E-state index >= 15 is 0 Å². The summed E-state index contributed by atoms with van der Waals surface area (Å²) >= 11 is 3.28. The molecule has 0 amide bonds. The van der Waals surface area contributed by atoms with Crippen LogP contribution in [-0.2, 0) is 25.4 Å². The second kappa shape index (κ2) is 12.4. The van der Waals surface area contributed by atoms with Gasteiger partial charge in [0.05, 0.1) is 26.8 Å². The summed E-state index contributed by atoms with van der Waals surface area (Å²) in [4.78, 5) is 15.3. The number of rotatable bonds is 9. The maximum Gasteiger partial charge on any atom is 0.416 e. The highest BCUT2D eigenvalue weighted by Gasteiger charge is 2.37. The van der Waals surface area contributed by atoms with Crippen LogP contribution >= 0.6 is 15.9 Å². The maximum atomic E-state index is 13.7. The summed E-state index contributed by atoms with van der Waals surface area (Å²) in [5.41, 5.74) is 6.72. The van der Waals surface area contributed by atoms with Crippen LogP contribution in [0.4, 0.5) is 32.3 Å². The van der Waals surface area contributed by atoms with Crippen molar-refractivity contribution in [1.29, 1.82) is 0 Å². The molecule has 0 radical (unpaired) electrons. The number of aromatic nitrogens is 3. The molecule has 43 heavy (non-hydrogen) atoms. The van der Waals surface area contributed by atoms with Gasteiger partial charge in [-0.2, -0.15) is 26.3 Å². The molecular weight excluding hydrogens is 636 g/mol. The number of fused-ring (bicyclic) bond motifs is 1. The van der Waals surface area contributed by atoms with Crippen molar-refractivity contribution in [3.63, 3.8) is 0 Å². The number of hydrogen-bond donors (Lipinski definition) is 1. The topological polar surface area (TPSA) is 67.9 Å². The Morgan fingerprint density at radius 3 is 2.16 bits per heavy atom. The minimum Gasteiger partial charge on any atom is -0.332 e. The highest BCUT2D eigenvalue weighted by molar-refractivity contribution is 9.10. The van der Waals surface area contributed by atoms with Crippen molar-refractivity contribution < 1.29 is 26.3 Å². The van der Waals surface area contributed by atoms with Gasteiger partial charge in [-0.15, -0.1) is 0 Å². The molecule has 0 spiro atoms. The molecule has 2 heterocycles. The average Bonchev–Trinajstić information content (AvgIpc) is 2.92. The molecule has 1 aliphatic rings. The molecule has 1 atom stereocenters. The lowest BCUT2D eigenvalue weighted by atomic mass is 9.77. The van der Waals surface area contributed by atoms with Crippen LogP contribution in [0.25, 0.3) is 10.9 Å². The lowest BCUT2D eigenvalue weighted by molar-refractivity contribution is -0.143. The number of para-hydroxylation sites is 1. The van der Waals surface area contributed by atoms with Gasteiger partial charge in [-0.3, -0.25) is 4.98 Å². The fourth-order valence-corrected chi connectivity index (χ4v) is 5.74. The number of halogens is 7. The third-order valence-corrected chi connectivity index (χ3v) is 8.35. The number of hydrogen-bond acceptors (Lipinski definition) is 5. The zero-order valence-electron chi connectivity index (χ0n) is 23.3. The van der Waals surface area contributed by atoms with E-state index in [1.54, 1.807) is 4.90 Å². The van der Waals surface area contributed by atoms with Gasteiger partial charge in [-0.25, -0.2) is 9.97 Å². The molecule has 5 rings (SSSR count). The molecule has 1 fully saturated rings. The van der Waals surface area contributed by atoms with Crippen molar-refractivity contribution >= 4 is 32.8 Å². The number of alkyl halides is 6. The van der Waals surface area contributed by atoms with Crippen LogP contribution in [0, 0.1) is 12.8 Å². The third-order valence-electron chi connectivity index (χ3n) is 7.95. The highest BCUT2D eigenvalue weighted by atomic mass is 79.9. The summed E-state index contributed by atoms with van der Waals surface area (Å²) in [6.45, 7) is 2.10. The number of nitrogens with two attached hydrogens (primary N) is 1. The SMILES string of the molecule is Cc1cccc2cc(CN(Cc3cc(C(F)(F)F)cc(C(F)(F)F)c3)c3ncc(Br)cn3)c(C(CN)CC3CCC3)nc12. The fourth-order valence-electron chi connectivity index (χ4n) is 5.54. The van der Waals surface area contributed by atoms with Crippen molar-refractivity contribution in [1.82, 2.24) is 15.0 Å². The van der Waals surface area contributed by atoms with Crippen molar-refractivity contribution in [2.75, 3.05) is 11.4 Å². The van der Waals surface area contributed by atoms with E-state index in [1.165, 1.54) is 18.8 Å². The Balaban J connectivity index is 1.61. The number of pyridine rings is 1. The van der Waals surface area contributed by atoms with Crippen LogP contribution in [0.5, 0.6) is 0 Å². The Bertz CT molecular complexity index is 1550. The summed E-state index contributed by atoms with van der Waals surface area (Å²) in [6, 6.07) is 9.39. The van der Waals surface area contributed by atoms with Crippen LogP contribution in [0.2, 0.25) is 0 Å². The van der Waals surface area contributed by atoms with Crippen LogP contribution in [0.15, 0.2) is 59.3 Å². The summed E-state index contributed by atoms with van der Waals surface area (Å²) in [6.07, 6.45) is -2.70. The van der Waals surface area contributed by atoms with Crippen molar-refractivity contribution in [2.24, 2.45) is 11.7 Å². The second-order valence-electron chi connectivity index (χ2n) is 11.1. The molecule has 2 aromatic heterocycles. The second-order valence-corrected chi connectivity index (χ2v) is 12.0. The quantitative estimate of drug-likeness (QED) is 0.181. The predicted molar refractivity (Wildman–Crippen MR) is 156 cm³/mol. The molecule has 1 aliphatic carbocycles. The lowest BCUT2D eigenvalue weighted by Gasteiger charge is -2.31. The van der Waals surface area contributed by atoms with Gasteiger partial charge in [-0.1, -0.05) is 37.5 Å². The Morgan fingerprint density at radius 2 is 1.60 bits per heavy atom. The van der Waals surface area contributed by atoms with Crippen molar-refractivity contribution in [2.45, 2.75) is 64.0 Å². The highest BCUT2D eigenvalue weighted by Crippen LogP contribution is 2.39. The molecule has 1 unspecified atom stereocenters.